The van der Waals surface area contributed by atoms with Gasteiger partial charge in [-0.1, -0.05) is 65.8 Å². The van der Waals surface area contributed by atoms with Crippen molar-refractivity contribution in [1.29, 1.82) is 0 Å². The van der Waals surface area contributed by atoms with Crippen molar-refractivity contribution in [3.8, 4) is 11.3 Å². The number of nitrogens with one attached hydrogen (secondary N) is 3. The number of hydrogen-bond donors (Lipinski definition) is 3. The van der Waals surface area contributed by atoms with Gasteiger partial charge in [-0.25, -0.2) is 4.79 Å². The number of carbonyl (C=O) groups excluding carboxylic acids is 4. The molecule has 0 aliphatic carbocycles. The lowest BCUT2D eigenvalue weighted by atomic mass is 9.92. The highest BCUT2D eigenvalue weighted by Crippen LogP contribution is 2.27. The van der Waals surface area contributed by atoms with Gasteiger partial charge >= 0.3 is 6.03 Å². The summed E-state index contributed by atoms with van der Waals surface area (Å²) < 4.78 is 5.16. The maximum atomic E-state index is 12.8. The number of carbonyl (C=O) groups is 4. The van der Waals surface area contributed by atoms with E-state index in [0.717, 1.165) is 5.56 Å². The van der Waals surface area contributed by atoms with E-state index in [2.05, 4.69) is 21.2 Å². The Bertz CT molecular complexity index is 1180. The first-order valence-electron chi connectivity index (χ1n) is 9.70. The Morgan fingerprint density at radius 1 is 1.06 bits per heavy atom. The third kappa shape index (κ3) is 3.93. The average Bonchev–Trinajstić information content (AvgIpc) is 3.39. The summed E-state index contributed by atoms with van der Waals surface area (Å²) in [4.78, 5) is 49.6. The van der Waals surface area contributed by atoms with Crippen LogP contribution in [0, 0.1) is 0 Å². The molecular formula is C22H19N5O5. The number of imide groups is 1. The van der Waals surface area contributed by atoms with Crippen LogP contribution in [-0.2, 0) is 15.1 Å². The van der Waals surface area contributed by atoms with Crippen LogP contribution in [0.5, 0.6) is 0 Å². The summed E-state index contributed by atoms with van der Waals surface area (Å²) in [7, 11) is 0. The summed E-state index contributed by atoms with van der Waals surface area (Å²) >= 11 is 0. The largest absolute Gasteiger partial charge is 0.355 e. The van der Waals surface area contributed by atoms with Crippen molar-refractivity contribution in [2.45, 2.75) is 12.5 Å². The third-order valence-corrected chi connectivity index (χ3v) is 4.99. The molecule has 10 heteroatoms. The van der Waals surface area contributed by atoms with Crippen molar-refractivity contribution < 1.29 is 23.7 Å². The zero-order valence-electron chi connectivity index (χ0n) is 17.0. The van der Waals surface area contributed by atoms with Crippen LogP contribution in [0.2, 0.25) is 0 Å². The topological polar surface area (TPSA) is 134 Å². The second-order valence-electron chi connectivity index (χ2n) is 7.22. The molecule has 1 fully saturated rings. The summed E-state index contributed by atoms with van der Waals surface area (Å²) in [5.74, 6) is -1.64. The zero-order chi connectivity index (χ0) is 22.7. The molecule has 1 aromatic heterocycles. The summed E-state index contributed by atoms with van der Waals surface area (Å²) in [5.41, 5.74) is 2.21. The lowest BCUT2D eigenvalue weighted by Gasteiger charge is -2.22. The van der Waals surface area contributed by atoms with Gasteiger partial charge in [0.25, 0.3) is 17.7 Å². The molecule has 0 saturated carbocycles. The number of benzene rings is 2. The molecule has 32 heavy (non-hydrogen) atoms. The van der Waals surface area contributed by atoms with Gasteiger partial charge in [0.1, 0.15) is 5.54 Å². The normalized spacial score (nSPS) is 17.7. The molecule has 3 aromatic rings. The van der Waals surface area contributed by atoms with Gasteiger partial charge in [-0.15, -0.1) is 0 Å². The minimum atomic E-state index is -1.32. The summed E-state index contributed by atoms with van der Waals surface area (Å²) in [6, 6.07) is 18.4. The fourth-order valence-electron chi connectivity index (χ4n) is 3.24. The van der Waals surface area contributed by atoms with E-state index in [9.17, 15) is 19.2 Å². The van der Waals surface area contributed by atoms with Crippen LogP contribution < -0.4 is 16.1 Å². The van der Waals surface area contributed by atoms with Crippen LogP contribution in [0.1, 0.15) is 23.0 Å². The Morgan fingerprint density at radius 3 is 2.41 bits per heavy atom. The molecule has 3 N–H and O–H groups in total. The number of urea groups is 1. The van der Waals surface area contributed by atoms with E-state index in [1.54, 1.807) is 49.4 Å². The van der Waals surface area contributed by atoms with Crippen molar-refractivity contribution in [2.24, 2.45) is 0 Å². The molecule has 1 saturated heterocycles. The Kier molecular flexibility index (Phi) is 5.42. The smallest absolute Gasteiger partial charge is 0.344 e. The van der Waals surface area contributed by atoms with Gasteiger partial charge in [-0.05, 0) is 12.5 Å². The molecule has 2 aromatic carbocycles. The van der Waals surface area contributed by atoms with E-state index in [0.29, 0.717) is 16.3 Å². The molecule has 0 spiro atoms. The van der Waals surface area contributed by atoms with Gasteiger partial charge in [0.2, 0.25) is 0 Å². The quantitative estimate of drug-likeness (QED) is 0.505. The first-order valence-corrected chi connectivity index (χ1v) is 9.70. The fourth-order valence-corrected chi connectivity index (χ4v) is 3.24. The van der Waals surface area contributed by atoms with Crippen molar-refractivity contribution in [2.75, 3.05) is 6.54 Å². The number of hydrogen-bond acceptors (Lipinski definition) is 6. The molecule has 1 atom stereocenters. The Labute approximate surface area is 182 Å². The molecule has 162 valence electrons. The van der Waals surface area contributed by atoms with Crippen LogP contribution in [0.4, 0.5) is 4.79 Å². The van der Waals surface area contributed by atoms with Gasteiger partial charge in [-0.2, -0.15) is 5.01 Å². The van der Waals surface area contributed by atoms with Gasteiger partial charge in [-0.3, -0.25) is 19.8 Å². The SMILES string of the molecule is CC1(c2ccccc2)NC(=O)N(NC(=O)CNC(=O)c2cc(-c3ccccc3)on2)C1=O. The van der Waals surface area contributed by atoms with E-state index in [1.165, 1.54) is 6.07 Å². The van der Waals surface area contributed by atoms with Crippen molar-refractivity contribution >= 4 is 23.8 Å². The number of rotatable bonds is 6. The van der Waals surface area contributed by atoms with Crippen LogP contribution in [0.25, 0.3) is 11.3 Å². The lowest BCUT2D eigenvalue weighted by Crippen LogP contribution is -2.50. The monoisotopic (exact) mass is 433 g/mol. The van der Waals surface area contributed by atoms with Gasteiger partial charge in [0.05, 0.1) is 6.54 Å². The molecule has 5 amide bonds. The molecule has 1 unspecified atom stereocenters. The highest BCUT2D eigenvalue weighted by molar-refractivity contribution is 6.08. The van der Waals surface area contributed by atoms with E-state index in [4.69, 9.17) is 4.52 Å². The zero-order valence-corrected chi connectivity index (χ0v) is 17.0. The molecule has 1 aliphatic heterocycles. The van der Waals surface area contributed by atoms with Crippen molar-refractivity contribution in [1.82, 2.24) is 26.2 Å². The lowest BCUT2D eigenvalue weighted by molar-refractivity contribution is -0.138. The molecule has 10 nitrogen and oxygen atoms in total. The van der Waals surface area contributed by atoms with Crippen LogP contribution >= 0.6 is 0 Å². The number of nitrogens with zero attached hydrogens (tertiary/aromatic N) is 2. The average molecular weight is 433 g/mol. The predicted molar refractivity (Wildman–Crippen MR) is 112 cm³/mol. The predicted octanol–water partition coefficient (Wildman–Crippen LogP) is 1.57. The Morgan fingerprint density at radius 2 is 1.72 bits per heavy atom. The maximum Gasteiger partial charge on any atom is 0.344 e. The molecule has 0 radical (unpaired) electrons. The van der Waals surface area contributed by atoms with E-state index in [-0.39, 0.29) is 5.69 Å². The Balaban J connectivity index is 1.35. The molecule has 2 heterocycles. The highest BCUT2D eigenvalue weighted by Gasteiger charge is 2.49. The van der Waals surface area contributed by atoms with Crippen molar-refractivity contribution in [3.63, 3.8) is 0 Å². The number of aromatic nitrogens is 1. The number of hydrazine groups is 1. The molecule has 4 rings (SSSR count). The first-order chi connectivity index (χ1) is 15.4. The Hall–Kier alpha value is -4.47. The van der Waals surface area contributed by atoms with Gasteiger partial charge < -0.3 is 15.2 Å². The number of amides is 5. The molecular weight excluding hydrogens is 414 g/mol. The van der Waals surface area contributed by atoms with Crippen molar-refractivity contribution in [3.05, 3.63) is 78.0 Å². The van der Waals surface area contributed by atoms with E-state index >= 15 is 0 Å². The van der Waals surface area contributed by atoms with E-state index < -0.39 is 35.8 Å². The van der Waals surface area contributed by atoms with Crippen LogP contribution in [0.3, 0.4) is 0 Å². The standard InChI is InChI=1S/C22H19N5O5/c1-22(15-10-6-3-7-11-15)20(30)27(21(31)24-22)25-18(28)13-23-19(29)16-12-17(32-26-16)14-8-4-2-5-9-14/h2-12H,13H2,1H3,(H,23,29)(H,24,31)(H,25,28). The van der Waals surface area contributed by atoms with Crippen LogP contribution in [-0.4, -0.2) is 40.5 Å². The summed E-state index contributed by atoms with van der Waals surface area (Å²) in [6.45, 7) is 1.07. The second-order valence-corrected chi connectivity index (χ2v) is 7.22. The molecule has 0 bridgehead atoms. The second kappa shape index (κ2) is 8.34. The highest BCUT2D eigenvalue weighted by atomic mass is 16.5. The summed E-state index contributed by atoms with van der Waals surface area (Å²) in [5, 5.41) is 9.26. The first kappa shape index (κ1) is 20.8. The van der Waals surface area contributed by atoms with Gasteiger partial charge in [0, 0.05) is 11.6 Å². The minimum absolute atomic E-state index is 0.0108. The minimum Gasteiger partial charge on any atom is -0.355 e. The fraction of sp³-hybridized carbons (Fsp3) is 0.136. The summed E-state index contributed by atoms with van der Waals surface area (Å²) in [6.07, 6.45) is 0. The molecule has 1 aliphatic rings. The van der Waals surface area contributed by atoms with Gasteiger partial charge in [0.15, 0.2) is 11.5 Å². The van der Waals surface area contributed by atoms with E-state index in [1.807, 2.05) is 18.2 Å². The third-order valence-electron chi connectivity index (χ3n) is 4.99. The van der Waals surface area contributed by atoms with Crippen LogP contribution in [0.15, 0.2) is 71.3 Å². The maximum absolute atomic E-state index is 12.8.